The first-order valence-corrected chi connectivity index (χ1v) is 5.30. The van der Waals surface area contributed by atoms with Gasteiger partial charge in [0, 0.05) is 6.07 Å². The Kier molecular flexibility index (Phi) is 1.40. The Morgan fingerprint density at radius 2 is 2.43 bits per heavy atom. The second kappa shape index (κ2) is 2.42. The summed E-state index contributed by atoms with van der Waals surface area (Å²) >= 11 is 1.24. The summed E-state index contributed by atoms with van der Waals surface area (Å²) in [7, 11) is 0. The second-order valence-corrected chi connectivity index (χ2v) is 4.80. The highest BCUT2D eigenvalue weighted by molar-refractivity contribution is 7.18. The van der Waals surface area contributed by atoms with Crippen LogP contribution >= 0.6 is 11.3 Å². The van der Waals surface area contributed by atoms with E-state index in [1.165, 1.54) is 11.3 Å². The van der Waals surface area contributed by atoms with Crippen molar-refractivity contribution in [1.82, 2.24) is 0 Å². The minimum Gasteiger partial charge on any atom is -0.482 e. The first-order valence-electron chi connectivity index (χ1n) is 4.49. The molecule has 0 saturated heterocycles. The van der Waals surface area contributed by atoms with E-state index in [1.807, 2.05) is 0 Å². The molecule has 5 heteroatoms. The molecule has 0 atom stereocenters. The fourth-order valence-electron chi connectivity index (χ4n) is 1.61. The Bertz CT molecular complexity index is 408. The quantitative estimate of drug-likeness (QED) is 0.743. The highest BCUT2D eigenvalue weighted by Gasteiger charge is 2.48. The summed E-state index contributed by atoms with van der Waals surface area (Å²) < 4.78 is 5.75. The number of anilines is 1. The van der Waals surface area contributed by atoms with E-state index < -0.39 is 5.97 Å². The predicted octanol–water partition coefficient (Wildman–Crippen LogP) is 1.78. The largest absolute Gasteiger partial charge is 0.482 e. The van der Waals surface area contributed by atoms with Gasteiger partial charge in [0.25, 0.3) is 0 Å². The van der Waals surface area contributed by atoms with Gasteiger partial charge in [-0.1, -0.05) is 0 Å². The van der Waals surface area contributed by atoms with Gasteiger partial charge in [0.2, 0.25) is 0 Å². The maximum atomic E-state index is 10.7. The zero-order valence-electron chi connectivity index (χ0n) is 7.37. The monoisotopic (exact) mass is 211 g/mol. The van der Waals surface area contributed by atoms with Crippen molar-refractivity contribution in [2.24, 2.45) is 0 Å². The number of nitrogens with one attached hydrogen (secondary N) is 1. The minimum atomic E-state index is -0.889. The first kappa shape index (κ1) is 8.11. The Balaban J connectivity index is 1.97. The van der Waals surface area contributed by atoms with Crippen LogP contribution in [-0.4, -0.2) is 23.2 Å². The number of carbonyl (C=O) groups is 1. The molecule has 0 bridgehead atoms. The van der Waals surface area contributed by atoms with E-state index in [4.69, 9.17) is 9.84 Å². The fraction of sp³-hybridized carbons (Fsp3) is 0.444. The molecule has 74 valence electrons. The van der Waals surface area contributed by atoms with E-state index >= 15 is 0 Å². The molecule has 3 rings (SSSR count). The van der Waals surface area contributed by atoms with E-state index in [0.29, 0.717) is 10.6 Å². The van der Waals surface area contributed by atoms with E-state index in [1.54, 1.807) is 6.07 Å². The Morgan fingerprint density at radius 3 is 3.07 bits per heavy atom. The summed E-state index contributed by atoms with van der Waals surface area (Å²) in [6.45, 7) is 0.805. The summed E-state index contributed by atoms with van der Waals surface area (Å²) in [6, 6.07) is 1.61. The standard InChI is InChI=1S/C9H9NO3S/c11-8(12)6-3-5-7(14-6)10-4-9(13-5)1-2-9/h3,10H,1-2,4H2,(H,11,12). The Morgan fingerprint density at radius 1 is 1.64 bits per heavy atom. The lowest BCUT2D eigenvalue weighted by molar-refractivity contribution is 0.0701. The first-order chi connectivity index (χ1) is 6.69. The molecule has 0 aromatic carbocycles. The number of thiophene rings is 1. The van der Waals surface area contributed by atoms with Gasteiger partial charge in [0.05, 0.1) is 6.54 Å². The number of rotatable bonds is 1. The molecule has 1 aromatic heterocycles. The maximum absolute atomic E-state index is 10.7. The topological polar surface area (TPSA) is 58.6 Å². The molecule has 14 heavy (non-hydrogen) atoms. The molecule has 1 saturated carbocycles. The van der Waals surface area contributed by atoms with Gasteiger partial charge < -0.3 is 15.2 Å². The minimum absolute atomic E-state index is 0.0240. The molecule has 2 N–H and O–H groups in total. The van der Waals surface area contributed by atoms with Crippen molar-refractivity contribution in [1.29, 1.82) is 0 Å². The second-order valence-electron chi connectivity index (χ2n) is 3.75. The van der Waals surface area contributed by atoms with Gasteiger partial charge in [0.1, 0.15) is 15.5 Å². The third-order valence-electron chi connectivity index (χ3n) is 2.61. The van der Waals surface area contributed by atoms with Crippen LogP contribution in [-0.2, 0) is 0 Å². The van der Waals surface area contributed by atoms with Gasteiger partial charge in [-0.15, -0.1) is 11.3 Å². The van der Waals surface area contributed by atoms with E-state index in [2.05, 4.69) is 5.32 Å². The lowest BCUT2D eigenvalue weighted by Crippen LogP contribution is -2.31. The molecule has 2 aliphatic rings. The average molecular weight is 211 g/mol. The zero-order chi connectivity index (χ0) is 9.76. The van der Waals surface area contributed by atoms with Crippen LogP contribution in [0.25, 0.3) is 0 Å². The molecule has 2 heterocycles. The number of aromatic carboxylic acids is 1. The summed E-state index contributed by atoms with van der Waals surface area (Å²) in [5, 5.41) is 12.9. The van der Waals surface area contributed by atoms with Crippen molar-refractivity contribution in [3.63, 3.8) is 0 Å². The smallest absolute Gasteiger partial charge is 0.346 e. The van der Waals surface area contributed by atoms with Gasteiger partial charge in [-0.05, 0) is 12.8 Å². The number of ether oxygens (including phenoxy) is 1. The molecule has 0 amide bonds. The average Bonchev–Trinajstić information content (AvgIpc) is 2.76. The van der Waals surface area contributed by atoms with Crippen LogP contribution < -0.4 is 10.1 Å². The van der Waals surface area contributed by atoms with Crippen LogP contribution in [0.15, 0.2) is 6.07 Å². The van der Waals surface area contributed by atoms with Gasteiger partial charge in [0.15, 0.2) is 5.75 Å². The number of fused-ring (bicyclic) bond motifs is 1. The van der Waals surface area contributed by atoms with E-state index in [9.17, 15) is 4.79 Å². The van der Waals surface area contributed by atoms with Gasteiger partial charge >= 0.3 is 5.97 Å². The van der Waals surface area contributed by atoms with Gasteiger partial charge in [-0.3, -0.25) is 0 Å². The lowest BCUT2D eigenvalue weighted by Gasteiger charge is -2.24. The molecular formula is C9H9NO3S. The molecule has 1 aromatic rings. The van der Waals surface area contributed by atoms with E-state index in [-0.39, 0.29) is 5.60 Å². The lowest BCUT2D eigenvalue weighted by atomic mass is 10.3. The molecular weight excluding hydrogens is 202 g/mol. The van der Waals surface area contributed by atoms with Crippen molar-refractivity contribution in [2.45, 2.75) is 18.4 Å². The summed E-state index contributed by atoms with van der Waals surface area (Å²) in [5.41, 5.74) is -0.0240. The summed E-state index contributed by atoms with van der Waals surface area (Å²) in [4.78, 5) is 11.1. The number of hydrogen-bond donors (Lipinski definition) is 2. The fourth-order valence-corrected chi connectivity index (χ4v) is 2.43. The third-order valence-corrected chi connectivity index (χ3v) is 3.68. The van der Waals surface area contributed by atoms with E-state index in [0.717, 1.165) is 24.4 Å². The molecule has 1 fully saturated rings. The van der Waals surface area contributed by atoms with Crippen LogP contribution in [0.5, 0.6) is 5.75 Å². The molecule has 1 aliphatic carbocycles. The summed E-state index contributed by atoms with van der Waals surface area (Å²) in [5.74, 6) is -0.184. The number of hydrogen-bond acceptors (Lipinski definition) is 4. The molecule has 0 radical (unpaired) electrons. The van der Waals surface area contributed by atoms with Crippen molar-refractivity contribution < 1.29 is 14.6 Å². The van der Waals surface area contributed by atoms with Gasteiger partial charge in [-0.2, -0.15) is 0 Å². The third kappa shape index (κ3) is 1.09. The van der Waals surface area contributed by atoms with Gasteiger partial charge in [-0.25, -0.2) is 4.79 Å². The SMILES string of the molecule is O=C(O)c1cc2c(s1)NCC1(CC1)O2. The van der Waals surface area contributed by atoms with Crippen LogP contribution in [0.4, 0.5) is 5.00 Å². The number of carboxylic acids is 1. The Hall–Kier alpha value is -1.23. The van der Waals surface area contributed by atoms with Crippen molar-refractivity contribution in [3.8, 4) is 5.75 Å². The van der Waals surface area contributed by atoms with Crippen LogP contribution in [0.1, 0.15) is 22.5 Å². The normalized spacial score (nSPS) is 20.9. The zero-order valence-corrected chi connectivity index (χ0v) is 8.19. The van der Waals surface area contributed by atoms with Crippen LogP contribution in [0.2, 0.25) is 0 Å². The van der Waals surface area contributed by atoms with Crippen molar-refractivity contribution in [3.05, 3.63) is 10.9 Å². The highest BCUT2D eigenvalue weighted by Crippen LogP contribution is 2.48. The molecule has 0 unspecified atom stereocenters. The maximum Gasteiger partial charge on any atom is 0.346 e. The number of carboxylic acid groups (broad SMARTS) is 1. The van der Waals surface area contributed by atoms with Crippen molar-refractivity contribution in [2.75, 3.05) is 11.9 Å². The summed E-state index contributed by atoms with van der Waals surface area (Å²) in [6.07, 6.45) is 2.13. The predicted molar refractivity (Wildman–Crippen MR) is 52.4 cm³/mol. The molecule has 4 nitrogen and oxygen atoms in total. The van der Waals surface area contributed by atoms with Crippen molar-refractivity contribution >= 4 is 22.3 Å². The molecule has 1 spiro atoms. The molecule has 1 aliphatic heterocycles. The Labute approximate surface area is 84.5 Å². The highest BCUT2D eigenvalue weighted by atomic mass is 32.1. The van der Waals surface area contributed by atoms with Crippen LogP contribution in [0, 0.1) is 0 Å². The van der Waals surface area contributed by atoms with Crippen LogP contribution in [0.3, 0.4) is 0 Å².